The van der Waals surface area contributed by atoms with E-state index in [0.717, 1.165) is 17.1 Å². The van der Waals surface area contributed by atoms with Crippen molar-refractivity contribution < 1.29 is 0 Å². The van der Waals surface area contributed by atoms with E-state index in [0.29, 0.717) is 0 Å². The number of nitrogens with zero attached hydrogens (tertiary/aromatic N) is 1. The van der Waals surface area contributed by atoms with Gasteiger partial charge in [0.25, 0.3) is 0 Å². The van der Waals surface area contributed by atoms with Gasteiger partial charge in [-0.2, -0.15) is 0 Å². The maximum atomic E-state index is 2.37. The van der Waals surface area contributed by atoms with E-state index in [2.05, 4.69) is 207 Å². The SMILES string of the molecule is CC(C)(c1ccccc1)c1ccc(N(c2cccc(-c3ccccc3)c2)c2cccc(-c3ccc(-c4ccccc4)cc3)c2)cc1. The van der Waals surface area contributed by atoms with E-state index in [9.17, 15) is 0 Å². The second-order valence-corrected chi connectivity index (χ2v) is 12.3. The lowest BCUT2D eigenvalue weighted by Gasteiger charge is -2.29. The van der Waals surface area contributed by atoms with Crippen molar-refractivity contribution in [1.29, 1.82) is 0 Å². The van der Waals surface area contributed by atoms with Crippen molar-refractivity contribution in [2.75, 3.05) is 4.90 Å². The van der Waals surface area contributed by atoms with Crippen molar-refractivity contribution in [3.63, 3.8) is 0 Å². The minimum Gasteiger partial charge on any atom is -0.310 e. The summed E-state index contributed by atoms with van der Waals surface area (Å²) in [6, 6.07) is 67.6. The number of benzene rings is 7. The third-order valence-electron chi connectivity index (χ3n) is 8.98. The van der Waals surface area contributed by atoms with Gasteiger partial charge in [0.15, 0.2) is 0 Å². The van der Waals surface area contributed by atoms with Crippen LogP contribution in [0.1, 0.15) is 25.0 Å². The highest BCUT2D eigenvalue weighted by molar-refractivity contribution is 5.82. The molecule has 0 aliphatic heterocycles. The van der Waals surface area contributed by atoms with Gasteiger partial charge in [-0.1, -0.05) is 166 Å². The third kappa shape index (κ3) is 6.01. The second kappa shape index (κ2) is 12.8. The summed E-state index contributed by atoms with van der Waals surface area (Å²) in [5.74, 6) is 0. The molecule has 0 N–H and O–H groups in total. The Labute approximate surface area is 273 Å². The highest BCUT2D eigenvalue weighted by atomic mass is 15.1. The Morgan fingerprint density at radius 3 is 1.17 bits per heavy atom. The molecule has 0 saturated heterocycles. The summed E-state index contributed by atoms with van der Waals surface area (Å²) in [5, 5.41) is 0. The Morgan fingerprint density at radius 2 is 0.674 bits per heavy atom. The van der Waals surface area contributed by atoms with E-state index in [4.69, 9.17) is 0 Å². The average molecular weight is 592 g/mol. The van der Waals surface area contributed by atoms with Crippen LogP contribution in [0.2, 0.25) is 0 Å². The van der Waals surface area contributed by atoms with Gasteiger partial charge in [-0.25, -0.2) is 0 Å². The molecule has 7 aromatic carbocycles. The van der Waals surface area contributed by atoms with E-state index >= 15 is 0 Å². The number of hydrogen-bond acceptors (Lipinski definition) is 1. The zero-order valence-electron chi connectivity index (χ0n) is 26.3. The molecule has 0 unspecified atom stereocenters. The van der Waals surface area contributed by atoms with Crippen molar-refractivity contribution in [3.8, 4) is 33.4 Å². The summed E-state index contributed by atoms with van der Waals surface area (Å²) in [4.78, 5) is 2.37. The highest BCUT2D eigenvalue weighted by Gasteiger charge is 2.23. The number of anilines is 3. The molecule has 0 saturated carbocycles. The normalized spacial score (nSPS) is 11.3. The van der Waals surface area contributed by atoms with Crippen LogP contribution in [0.25, 0.3) is 33.4 Å². The quantitative estimate of drug-likeness (QED) is 0.170. The van der Waals surface area contributed by atoms with Crippen LogP contribution < -0.4 is 4.90 Å². The van der Waals surface area contributed by atoms with Gasteiger partial charge in [-0.15, -0.1) is 0 Å². The maximum absolute atomic E-state index is 2.37. The van der Waals surface area contributed by atoms with Crippen molar-refractivity contribution in [3.05, 3.63) is 199 Å². The van der Waals surface area contributed by atoms with Crippen molar-refractivity contribution in [2.24, 2.45) is 0 Å². The van der Waals surface area contributed by atoms with Crippen LogP contribution >= 0.6 is 0 Å². The topological polar surface area (TPSA) is 3.24 Å². The van der Waals surface area contributed by atoms with Crippen LogP contribution in [0.5, 0.6) is 0 Å². The fourth-order valence-electron chi connectivity index (χ4n) is 6.26. The van der Waals surface area contributed by atoms with E-state index in [-0.39, 0.29) is 5.41 Å². The summed E-state index contributed by atoms with van der Waals surface area (Å²) in [7, 11) is 0. The van der Waals surface area contributed by atoms with E-state index in [1.807, 2.05) is 0 Å². The van der Waals surface area contributed by atoms with Crippen LogP contribution in [0.3, 0.4) is 0 Å². The first-order valence-electron chi connectivity index (χ1n) is 15.9. The van der Waals surface area contributed by atoms with Gasteiger partial charge in [-0.05, 0) is 80.9 Å². The molecule has 0 aliphatic rings. The first-order chi connectivity index (χ1) is 22.6. The Balaban J connectivity index is 1.29. The molecule has 1 nitrogen and oxygen atoms in total. The Kier molecular flexibility index (Phi) is 8.06. The smallest absolute Gasteiger partial charge is 0.0467 e. The molecule has 0 aromatic heterocycles. The van der Waals surface area contributed by atoms with E-state index in [1.165, 1.54) is 44.5 Å². The minimum absolute atomic E-state index is 0.107. The van der Waals surface area contributed by atoms with Crippen LogP contribution in [0, 0.1) is 0 Å². The van der Waals surface area contributed by atoms with Crippen molar-refractivity contribution in [1.82, 2.24) is 0 Å². The monoisotopic (exact) mass is 591 g/mol. The standard InChI is InChI=1S/C45H37N/c1-45(2,40-20-10-5-11-21-40)41-28-30-42(31-29-41)46(43-22-12-18-38(32-43)35-16-8-4-9-17-35)44-23-13-19-39(33-44)37-26-24-36(25-27-37)34-14-6-3-7-15-34/h3-33H,1-2H3. The van der Waals surface area contributed by atoms with Gasteiger partial charge in [0, 0.05) is 22.5 Å². The third-order valence-corrected chi connectivity index (χ3v) is 8.98. The van der Waals surface area contributed by atoms with Crippen molar-refractivity contribution in [2.45, 2.75) is 19.3 Å². The van der Waals surface area contributed by atoms with Crippen LogP contribution in [-0.2, 0) is 5.41 Å². The number of hydrogen-bond donors (Lipinski definition) is 0. The molecule has 0 radical (unpaired) electrons. The van der Waals surface area contributed by atoms with Gasteiger partial charge in [0.2, 0.25) is 0 Å². The van der Waals surface area contributed by atoms with E-state index in [1.54, 1.807) is 0 Å². The highest BCUT2D eigenvalue weighted by Crippen LogP contribution is 2.40. The van der Waals surface area contributed by atoms with Gasteiger partial charge in [-0.3, -0.25) is 0 Å². The molecule has 0 heterocycles. The predicted molar refractivity (Wildman–Crippen MR) is 196 cm³/mol. The molecule has 0 bridgehead atoms. The molecule has 0 aliphatic carbocycles. The molecule has 7 rings (SSSR count). The molecule has 0 spiro atoms. The summed E-state index contributed by atoms with van der Waals surface area (Å²) in [6.45, 7) is 4.59. The molecule has 7 aromatic rings. The minimum atomic E-state index is -0.107. The van der Waals surface area contributed by atoms with E-state index < -0.39 is 0 Å². The van der Waals surface area contributed by atoms with Gasteiger partial charge >= 0.3 is 0 Å². The zero-order valence-corrected chi connectivity index (χ0v) is 26.3. The Morgan fingerprint density at radius 1 is 0.304 bits per heavy atom. The van der Waals surface area contributed by atoms with Crippen molar-refractivity contribution >= 4 is 17.1 Å². The lowest BCUT2D eigenvalue weighted by atomic mass is 9.78. The molecule has 1 heteroatoms. The van der Waals surface area contributed by atoms with Crippen LogP contribution in [0.15, 0.2) is 188 Å². The molecule has 0 amide bonds. The Bertz CT molecular complexity index is 2030. The Hall–Kier alpha value is -5.66. The largest absolute Gasteiger partial charge is 0.310 e. The summed E-state index contributed by atoms with van der Waals surface area (Å²) < 4.78 is 0. The first-order valence-corrected chi connectivity index (χ1v) is 15.9. The molecule has 0 atom stereocenters. The average Bonchev–Trinajstić information content (AvgIpc) is 3.13. The molecule has 0 fully saturated rings. The summed E-state index contributed by atoms with van der Waals surface area (Å²) >= 11 is 0. The molecular formula is C45H37N. The lowest BCUT2D eigenvalue weighted by molar-refractivity contribution is 0.641. The predicted octanol–water partition coefficient (Wildman–Crippen LogP) is 12.5. The van der Waals surface area contributed by atoms with Crippen LogP contribution in [-0.4, -0.2) is 0 Å². The van der Waals surface area contributed by atoms with Crippen LogP contribution in [0.4, 0.5) is 17.1 Å². The second-order valence-electron chi connectivity index (χ2n) is 12.3. The molecule has 222 valence electrons. The first kappa shape index (κ1) is 29.1. The fraction of sp³-hybridized carbons (Fsp3) is 0.0667. The molecule has 46 heavy (non-hydrogen) atoms. The fourth-order valence-corrected chi connectivity index (χ4v) is 6.26. The lowest BCUT2D eigenvalue weighted by Crippen LogP contribution is -2.19. The van der Waals surface area contributed by atoms with Gasteiger partial charge in [0.05, 0.1) is 0 Å². The summed E-state index contributed by atoms with van der Waals surface area (Å²) in [6.07, 6.45) is 0. The molecular weight excluding hydrogens is 555 g/mol. The summed E-state index contributed by atoms with van der Waals surface area (Å²) in [5.41, 5.74) is 13.1. The zero-order chi connectivity index (χ0) is 31.3. The van der Waals surface area contributed by atoms with Gasteiger partial charge < -0.3 is 4.90 Å². The maximum Gasteiger partial charge on any atom is 0.0467 e. The van der Waals surface area contributed by atoms with Gasteiger partial charge in [0.1, 0.15) is 0 Å². The number of rotatable bonds is 8.